The highest BCUT2D eigenvalue weighted by Gasteiger charge is 2.42. The fourth-order valence-electron chi connectivity index (χ4n) is 2.96. The molecule has 22 heavy (non-hydrogen) atoms. The standard InChI is InChI=1S/C18H20N2OS/c1-11-2-4-14(5-3-11)18-19-15(10-22-18)17(21)20-16(12-6-7-12)13-8-9-13/h2-5,10,12-13,16H,6-9H2,1H3,(H,20,21). The molecule has 1 aromatic heterocycles. The van der Waals surface area contributed by atoms with Gasteiger partial charge in [0.25, 0.3) is 5.91 Å². The molecule has 2 aromatic rings. The van der Waals surface area contributed by atoms with Gasteiger partial charge < -0.3 is 5.32 Å². The SMILES string of the molecule is Cc1ccc(-c2nc(C(=O)NC(C3CC3)C3CC3)cs2)cc1. The zero-order valence-corrected chi connectivity index (χ0v) is 13.5. The van der Waals surface area contributed by atoms with E-state index in [0.29, 0.717) is 23.6 Å². The summed E-state index contributed by atoms with van der Waals surface area (Å²) in [5.41, 5.74) is 2.87. The fourth-order valence-corrected chi connectivity index (χ4v) is 3.77. The molecule has 114 valence electrons. The first kappa shape index (κ1) is 13.9. The Morgan fingerprint density at radius 3 is 2.41 bits per heavy atom. The van der Waals surface area contributed by atoms with E-state index in [1.54, 1.807) is 11.3 Å². The number of hydrogen-bond donors (Lipinski definition) is 1. The minimum atomic E-state index is -0.00147. The zero-order chi connectivity index (χ0) is 15.1. The van der Waals surface area contributed by atoms with Gasteiger partial charge in [0.1, 0.15) is 10.7 Å². The van der Waals surface area contributed by atoms with E-state index in [0.717, 1.165) is 10.6 Å². The fraction of sp³-hybridized carbons (Fsp3) is 0.444. The molecule has 0 aliphatic heterocycles. The third kappa shape index (κ3) is 2.93. The van der Waals surface area contributed by atoms with Crippen LogP contribution >= 0.6 is 11.3 Å². The highest BCUT2D eigenvalue weighted by Crippen LogP contribution is 2.44. The van der Waals surface area contributed by atoms with Gasteiger partial charge in [-0.3, -0.25) is 4.79 Å². The van der Waals surface area contributed by atoms with E-state index in [9.17, 15) is 4.79 Å². The Balaban J connectivity index is 1.48. The number of hydrogen-bond acceptors (Lipinski definition) is 3. The van der Waals surface area contributed by atoms with E-state index in [2.05, 4.69) is 41.5 Å². The van der Waals surface area contributed by atoms with Gasteiger partial charge in [0.2, 0.25) is 0 Å². The topological polar surface area (TPSA) is 42.0 Å². The van der Waals surface area contributed by atoms with E-state index in [1.165, 1.54) is 31.2 Å². The molecule has 2 saturated carbocycles. The number of nitrogens with zero attached hydrogens (tertiary/aromatic N) is 1. The van der Waals surface area contributed by atoms with Gasteiger partial charge in [-0.05, 0) is 44.4 Å². The van der Waals surface area contributed by atoms with Gasteiger partial charge in [0.05, 0.1) is 0 Å². The summed E-state index contributed by atoms with van der Waals surface area (Å²) < 4.78 is 0. The minimum absolute atomic E-state index is 0.00147. The van der Waals surface area contributed by atoms with Crippen molar-refractivity contribution in [2.24, 2.45) is 11.8 Å². The van der Waals surface area contributed by atoms with Crippen molar-refractivity contribution in [3.05, 3.63) is 40.9 Å². The van der Waals surface area contributed by atoms with Gasteiger partial charge in [-0.1, -0.05) is 29.8 Å². The molecule has 0 saturated heterocycles. The Hall–Kier alpha value is -1.68. The largest absolute Gasteiger partial charge is 0.347 e. The molecule has 1 aromatic carbocycles. The van der Waals surface area contributed by atoms with Gasteiger partial charge in [0.15, 0.2) is 0 Å². The maximum absolute atomic E-state index is 12.5. The summed E-state index contributed by atoms with van der Waals surface area (Å²) in [6.07, 6.45) is 5.08. The number of aromatic nitrogens is 1. The lowest BCUT2D eigenvalue weighted by molar-refractivity contribution is 0.0922. The Labute approximate surface area is 134 Å². The van der Waals surface area contributed by atoms with E-state index in [-0.39, 0.29) is 5.91 Å². The van der Waals surface area contributed by atoms with Gasteiger partial charge in [0, 0.05) is 17.0 Å². The third-order valence-electron chi connectivity index (χ3n) is 4.59. The van der Waals surface area contributed by atoms with Crippen LogP contribution < -0.4 is 5.32 Å². The van der Waals surface area contributed by atoms with Crippen LogP contribution in [0.3, 0.4) is 0 Å². The summed E-state index contributed by atoms with van der Waals surface area (Å²) in [4.78, 5) is 17.0. The van der Waals surface area contributed by atoms with E-state index in [1.807, 2.05) is 5.38 Å². The molecule has 0 bridgehead atoms. The molecule has 2 aliphatic rings. The maximum Gasteiger partial charge on any atom is 0.271 e. The number of benzene rings is 1. The summed E-state index contributed by atoms with van der Waals surface area (Å²) in [5.74, 6) is 1.43. The molecule has 3 nitrogen and oxygen atoms in total. The molecule has 0 spiro atoms. The van der Waals surface area contributed by atoms with Crippen molar-refractivity contribution in [1.82, 2.24) is 10.3 Å². The predicted molar refractivity (Wildman–Crippen MR) is 89.0 cm³/mol. The number of carbonyl (C=O) groups excluding carboxylic acids is 1. The number of rotatable bonds is 5. The van der Waals surface area contributed by atoms with Crippen molar-refractivity contribution >= 4 is 17.2 Å². The van der Waals surface area contributed by atoms with Gasteiger partial charge in [-0.15, -0.1) is 11.3 Å². The second-order valence-corrected chi connectivity index (χ2v) is 7.44. The quantitative estimate of drug-likeness (QED) is 0.905. The van der Waals surface area contributed by atoms with Crippen molar-refractivity contribution in [2.75, 3.05) is 0 Å². The zero-order valence-electron chi connectivity index (χ0n) is 12.7. The van der Waals surface area contributed by atoms with Gasteiger partial charge >= 0.3 is 0 Å². The third-order valence-corrected chi connectivity index (χ3v) is 5.48. The van der Waals surface area contributed by atoms with Crippen LogP contribution in [0.25, 0.3) is 10.6 Å². The average molecular weight is 312 g/mol. The Bertz CT molecular complexity index is 671. The predicted octanol–water partition coefficient (Wildman–Crippen LogP) is 4.04. The molecule has 1 N–H and O–H groups in total. The number of amides is 1. The van der Waals surface area contributed by atoms with Crippen LogP contribution in [0.4, 0.5) is 0 Å². The molecular weight excluding hydrogens is 292 g/mol. The van der Waals surface area contributed by atoms with Crippen LogP contribution in [0.1, 0.15) is 41.7 Å². The number of thiazole rings is 1. The van der Waals surface area contributed by atoms with Crippen LogP contribution in [0, 0.1) is 18.8 Å². The number of aryl methyl sites for hydroxylation is 1. The summed E-state index contributed by atoms with van der Waals surface area (Å²) in [6.45, 7) is 2.07. The van der Waals surface area contributed by atoms with Gasteiger partial charge in [-0.2, -0.15) is 0 Å². The molecule has 4 rings (SSSR count). The summed E-state index contributed by atoms with van der Waals surface area (Å²) in [5, 5.41) is 6.03. The second-order valence-electron chi connectivity index (χ2n) is 6.58. The van der Waals surface area contributed by atoms with E-state index in [4.69, 9.17) is 0 Å². The highest BCUT2D eigenvalue weighted by molar-refractivity contribution is 7.13. The van der Waals surface area contributed by atoms with Crippen molar-refractivity contribution < 1.29 is 4.79 Å². The molecule has 4 heteroatoms. The first-order chi connectivity index (χ1) is 10.7. The summed E-state index contributed by atoms with van der Waals surface area (Å²) in [7, 11) is 0. The van der Waals surface area contributed by atoms with Crippen LogP contribution in [0.15, 0.2) is 29.6 Å². The van der Waals surface area contributed by atoms with Crippen molar-refractivity contribution in [3.63, 3.8) is 0 Å². The lowest BCUT2D eigenvalue weighted by Crippen LogP contribution is -2.38. The second kappa shape index (κ2) is 5.51. The normalized spacial score (nSPS) is 17.7. The van der Waals surface area contributed by atoms with Crippen LogP contribution in [-0.4, -0.2) is 16.9 Å². The van der Waals surface area contributed by atoms with E-state index >= 15 is 0 Å². The molecular formula is C18H20N2OS. The Morgan fingerprint density at radius 2 is 1.82 bits per heavy atom. The summed E-state index contributed by atoms with van der Waals surface area (Å²) in [6, 6.07) is 8.66. The highest BCUT2D eigenvalue weighted by atomic mass is 32.1. The average Bonchev–Trinajstić information content (AvgIpc) is 3.44. The lowest BCUT2D eigenvalue weighted by atomic mass is 10.1. The molecule has 2 aliphatic carbocycles. The van der Waals surface area contributed by atoms with Crippen molar-refractivity contribution in [3.8, 4) is 10.6 Å². The molecule has 0 unspecified atom stereocenters. The number of carbonyl (C=O) groups is 1. The number of nitrogens with one attached hydrogen (secondary N) is 1. The van der Waals surface area contributed by atoms with Crippen LogP contribution in [0.2, 0.25) is 0 Å². The Morgan fingerprint density at radius 1 is 1.18 bits per heavy atom. The van der Waals surface area contributed by atoms with Crippen molar-refractivity contribution in [1.29, 1.82) is 0 Å². The maximum atomic E-state index is 12.5. The minimum Gasteiger partial charge on any atom is -0.347 e. The molecule has 0 atom stereocenters. The Kier molecular flexibility index (Phi) is 3.49. The smallest absolute Gasteiger partial charge is 0.271 e. The van der Waals surface area contributed by atoms with E-state index < -0.39 is 0 Å². The summed E-state index contributed by atoms with van der Waals surface area (Å²) >= 11 is 1.54. The molecule has 2 fully saturated rings. The first-order valence-corrected chi connectivity index (χ1v) is 8.92. The molecule has 1 amide bonds. The molecule has 1 heterocycles. The van der Waals surface area contributed by atoms with Gasteiger partial charge in [-0.25, -0.2) is 4.98 Å². The monoisotopic (exact) mass is 312 g/mol. The first-order valence-electron chi connectivity index (χ1n) is 8.04. The lowest BCUT2D eigenvalue weighted by Gasteiger charge is -2.16. The van der Waals surface area contributed by atoms with Crippen LogP contribution in [0.5, 0.6) is 0 Å². The molecule has 0 radical (unpaired) electrons. The van der Waals surface area contributed by atoms with Crippen LogP contribution in [-0.2, 0) is 0 Å². The van der Waals surface area contributed by atoms with Crippen molar-refractivity contribution in [2.45, 2.75) is 38.6 Å².